The normalized spacial score (nSPS) is 19.2. The van der Waals surface area contributed by atoms with E-state index in [9.17, 15) is 8.42 Å². The summed E-state index contributed by atoms with van der Waals surface area (Å²) in [6, 6.07) is 5.25. The third kappa shape index (κ3) is 4.43. The van der Waals surface area contributed by atoms with E-state index in [1.165, 1.54) is 0 Å². The highest BCUT2D eigenvalue weighted by molar-refractivity contribution is 9.10. The highest BCUT2D eigenvalue weighted by Gasteiger charge is 2.21. The minimum atomic E-state index is -3.42. The standard InChI is InChI=1S/C12H17BrN2O2S.ClH/c1-9-2-3-12(11(13)6-9)18(16,17)15-8-10-4-5-14-7-10;/h2-3,6,10,14-15H,4-5,7-8H2,1H3;1H. The van der Waals surface area contributed by atoms with Crippen LogP contribution in [-0.2, 0) is 10.0 Å². The number of hydrogen-bond donors (Lipinski definition) is 2. The Morgan fingerprint density at radius 3 is 2.79 bits per heavy atom. The summed E-state index contributed by atoms with van der Waals surface area (Å²) in [6.45, 7) is 4.28. The molecule has 0 spiro atoms. The van der Waals surface area contributed by atoms with Gasteiger partial charge in [-0.15, -0.1) is 12.4 Å². The van der Waals surface area contributed by atoms with Crippen molar-refractivity contribution in [1.29, 1.82) is 0 Å². The highest BCUT2D eigenvalue weighted by Crippen LogP contribution is 2.23. The molecule has 1 aromatic rings. The summed E-state index contributed by atoms with van der Waals surface area (Å²) in [7, 11) is -3.42. The number of rotatable bonds is 4. The van der Waals surface area contributed by atoms with Crippen LogP contribution in [0.2, 0.25) is 0 Å². The van der Waals surface area contributed by atoms with E-state index in [0.29, 0.717) is 21.8 Å². The topological polar surface area (TPSA) is 58.2 Å². The van der Waals surface area contributed by atoms with Crippen molar-refractivity contribution in [1.82, 2.24) is 10.0 Å². The Morgan fingerprint density at radius 1 is 1.47 bits per heavy atom. The van der Waals surface area contributed by atoms with Crippen LogP contribution < -0.4 is 10.0 Å². The zero-order valence-corrected chi connectivity index (χ0v) is 13.9. The molecule has 2 N–H and O–H groups in total. The lowest BCUT2D eigenvalue weighted by atomic mass is 10.1. The molecule has 0 saturated carbocycles. The van der Waals surface area contributed by atoms with Crippen LogP contribution in [0.5, 0.6) is 0 Å². The predicted octanol–water partition coefficient (Wildman–Crippen LogP) is 2.07. The number of sulfonamides is 1. The number of hydrogen-bond acceptors (Lipinski definition) is 3. The summed E-state index contributed by atoms with van der Waals surface area (Å²) in [6.07, 6.45) is 1.03. The van der Waals surface area contributed by atoms with Crippen molar-refractivity contribution in [2.45, 2.75) is 18.2 Å². The third-order valence-electron chi connectivity index (χ3n) is 3.10. The van der Waals surface area contributed by atoms with E-state index in [1.54, 1.807) is 12.1 Å². The second kappa shape index (κ2) is 7.04. The van der Waals surface area contributed by atoms with E-state index in [2.05, 4.69) is 26.0 Å². The first-order valence-corrected chi connectivity index (χ1v) is 8.23. The zero-order chi connectivity index (χ0) is 13.2. The Hall–Kier alpha value is -0.140. The molecule has 2 rings (SSSR count). The van der Waals surface area contributed by atoms with Crippen molar-refractivity contribution in [2.75, 3.05) is 19.6 Å². The molecule has 0 aliphatic carbocycles. The summed E-state index contributed by atoms with van der Waals surface area (Å²) in [5.74, 6) is 0.393. The number of nitrogens with one attached hydrogen (secondary N) is 2. The predicted molar refractivity (Wildman–Crippen MR) is 82.3 cm³/mol. The molecule has 1 fully saturated rings. The number of benzene rings is 1. The van der Waals surface area contributed by atoms with E-state index < -0.39 is 10.0 Å². The molecule has 1 unspecified atom stereocenters. The zero-order valence-electron chi connectivity index (χ0n) is 10.6. The molecule has 7 heteroatoms. The molecule has 1 aliphatic rings. The second-order valence-corrected chi connectivity index (χ2v) is 7.23. The first-order valence-electron chi connectivity index (χ1n) is 5.95. The fraction of sp³-hybridized carbons (Fsp3) is 0.500. The molecule has 1 saturated heterocycles. The minimum Gasteiger partial charge on any atom is -0.316 e. The van der Waals surface area contributed by atoms with Crippen LogP contribution >= 0.6 is 28.3 Å². The molecular formula is C12H18BrClN2O2S. The summed E-state index contributed by atoms with van der Waals surface area (Å²) in [4.78, 5) is 0.305. The number of aryl methyl sites for hydroxylation is 1. The van der Waals surface area contributed by atoms with Crippen LogP contribution in [-0.4, -0.2) is 28.1 Å². The maximum absolute atomic E-state index is 12.2. The van der Waals surface area contributed by atoms with Crippen molar-refractivity contribution in [3.63, 3.8) is 0 Å². The summed E-state index contributed by atoms with van der Waals surface area (Å²) in [5, 5.41) is 3.22. The van der Waals surface area contributed by atoms with Gasteiger partial charge in [0.05, 0.1) is 4.90 Å². The Morgan fingerprint density at radius 2 is 2.21 bits per heavy atom. The monoisotopic (exact) mass is 368 g/mol. The van der Waals surface area contributed by atoms with Crippen LogP contribution in [0.25, 0.3) is 0 Å². The fourth-order valence-corrected chi connectivity index (χ4v) is 4.32. The van der Waals surface area contributed by atoms with Crippen molar-refractivity contribution < 1.29 is 8.42 Å². The smallest absolute Gasteiger partial charge is 0.241 e. The molecule has 1 atom stereocenters. The van der Waals surface area contributed by atoms with Gasteiger partial charge in [0.25, 0.3) is 0 Å². The Labute approximate surface area is 128 Å². The van der Waals surface area contributed by atoms with Gasteiger partial charge in [-0.2, -0.15) is 0 Å². The average Bonchev–Trinajstić information content (AvgIpc) is 2.78. The van der Waals surface area contributed by atoms with Crippen molar-refractivity contribution in [2.24, 2.45) is 5.92 Å². The molecule has 0 bridgehead atoms. The van der Waals surface area contributed by atoms with Crippen LogP contribution in [0.1, 0.15) is 12.0 Å². The Kier molecular flexibility index (Phi) is 6.26. The van der Waals surface area contributed by atoms with E-state index >= 15 is 0 Å². The van der Waals surface area contributed by atoms with Gasteiger partial charge in [-0.05, 0) is 66.0 Å². The molecule has 0 radical (unpaired) electrons. The van der Waals surface area contributed by atoms with Crippen LogP contribution in [0.4, 0.5) is 0 Å². The SMILES string of the molecule is Cc1ccc(S(=O)(=O)NCC2CCNC2)c(Br)c1.Cl. The summed E-state index contributed by atoms with van der Waals surface area (Å²) < 4.78 is 27.6. The van der Waals surface area contributed by atoms with Gasteiger partial charge in [-0.3, -0.25) is 0 Å². The van der Waals surface area contributed by atoms with Gasteiger partial charge in [0.1, 0.15) is 0 Å². The highest BCUT2D eigenvalue weighted by atomic mass is 79.9. The van der Waals surface area contributed by atoms with Gasteiger partial charge < -0.3 is 5.32 Å². The Balaban J connectivity index is 0.00000180. The quantitative estimate of drug-likeness (QED) is 0.854. The molecule has 1 aromatic carbocycles. The van der Waals surface area contributed by atoms with Crippen molar-refractivity contribution in [3.8, 4) is 0 Å². The van der Waals surface area contributed by atoms with E-state index in [-0.39, 0.29) is 12.4 Å². The molecule has 108 valence electrons. The molecule has 4 nitrogen and oxygen atoms in total. The van der Waals surface area contributed by atoms with Gasteiger partial charge in [0.15, 0.2) is 0 Å². The lowest BCUT2D eigenvalue weighted by Gasteiger charge is -2.12. The molecule has 0 aromatic heterocycles. The van der Waals surface area contributed by atoms with Gasteiger partial charge in [-0.25, -0.2) is 13.1 Å². The van der Waals surface area contributed by atoms with Crippen molar-refractivity contribution >= 4 is 38.4 Å². The van der Waals surface area contributed by atoms with Crippen LogP contribution in [0.3, 0.4) is 0 Å². The molecule has 19 heavy (non-hydrogen) atoms. The maximum atomic E-state index is 12.2. The van der Waals surface area contributed by atoms with Crippen LogP contribution in [0.15, 0.2) is 27.6 Å². The third-order valence-corrected chi connectivity index (χ3v) is 5.50. The van der Waals surface area contributed by atoms with Gasteiger partial charge in [0.2, 0.25) is 10.0 Å². The fourth-order valence-electron chi connectivity index (χ4n) is 2.02. The molecule has 1 aliphatic heterocycles. The Bertz CT molecular complexity index is 531. The lowest BCUT2D eigenvalue weighted by molar-refractivity contribution is 0.538. The average molecular weight is 370 g/mol. The summed E-state index contributed by atoms with van der Waals surface area (Å²) >= 11 is 3.30. The summed E-state index contributed by atoms with van der Waals surface area (Å²) in [5.41, 5.74) is 1.03. The first kappa shape index (κ1) is 16.9. The molecular weight excluding hydrogens is 352 g/mol. The minimum absolute atomic E-state index is 0. The first-order chi connectivity index (χ1) is 8.49. The van der Waals surface area contributed by atoms with E-state index in [1.807, 2.05) is 13.0 Å². The molecule has 0 amide bonds. The van der Waals surface area contributed by atoms with E-state index in [4.69, 9.17) is 0 Å². The molecule has 1 heterocycles. The van der Waals surface area contributed by atoms with Crippen LogP contribution in [0, 0.1) is 12.8 Å². The van der Waals surface area contributed by atoms with Crippen molar-refractivity contribution in [3.05, 3.63) is 28.2 Å². The van der Waals surface area contributed by atoms with Gasteiger partial charge >= 0.3 is 0 Å². The number of halogens is 2. The van der Waals surface area contributed by atoms with Gasteiger partial charge in [-0.1, -0.05) is 6.07 Å². The van der Waals surface area contributed by atoms with E-state index in [0.717, 1.165) is 25.1 Å². The van der Waals surface area contributed by atoms with Gasteiger partial charge in [0, 0.05) is 11.0 Å². The second-order valence-electron chi connectivity index (χ2n) is 4.64. The largest absolute Gasteiger partial charge is 0.316 e. The lowest BCUT2D eigenvalue weighted by Crippen LogP contribution is -2.30. The maximum Gasteiger partial charge on any atom is 0.241 e.